The van der Waals surface area contributed by atoms with Crippen molar-refractivity contribution in [3.63, 3.8) is 0 Å². The van der Waals surface area contributed by atoms with Crippen molar-refractivity contribution < 1.29 is 23.9 Å². The molecule has 1 aliphatic rings. The number of amides is 1. The first kappa shape index (κ1) is 18.4. The van der Waals surface area contributed by atoms with Gasteiger partial charge in [-0.15, -0.1) is 0 Å². The monoisotopic (exact) mass is 362 g/mol. The Hall–Kier alpha value is -2.41. The largest absolute Gasteiger partial charge is 0.493 e. The molecule has 3 rings (SSSR count). The highest BCUT2D eigenvalue weighted by Crippen LogP contribution is 2.43. The third-order valence-corrected chi connectivity index (χ3v) is 5.26. The molecule has 1 amide bonds. The minimum absolute atomic E-state index is 0.108. The van der Waals surface area contributed by atoms with Gasteiger partial charge in [-0.2, -0.15) is 0 Å². The van der Waals surface area contributed by atoms with Crippen LogP contribution in [-0.4, -0.2) is 57.9 Å². The SMILES string of the molecule is CC[NH+]1CCC[C@H]1CNC(=O)c1cc2c(OC)c(OC)c(OC)cc2[nH]1. The van der Waals surface area contributed by atoms with Gasteiger partial charge in [-0.05, 0) is 13.0 Å². The normalized spacial score (nSPS) is 19.5. The number of fused-ring (bicyclic) bond motifs is 1. The number of benzene rings is 1. The molecule has 1 aromatic heterocycles. The third kappa shape index (κ3) is 3.31. The van der Waals surface area contributed by atoms with E-state index in [1.54, 1.807) is 32.3 Å². The van der Waals surface area contributed by atoms with Gasteiger partial charge in [0.25, 0.3) is 5.91 Å². The summed E-state index contributed by atoms with van der Waals surface area (Å²) in [5, 5.41) is 3.86. The molecule has 7 nitrogen and oxygen atoms in total. The average Bonchev–Trinajstić information content (AvgIpc) is 3.30. The molecule has 1 saturated heterocycles. The summed E-state index contributed by atoms with van der Waals surface area (Å²) in [5.41, 5.74) is 1.27. The fourth-order valence-corrected chi connectivity index (χ4v) is 3.88. The van der Waals surface area contributed by atoms with Gasteiger partial charge >= 0.3 is 0 Å². The van der Waals surface area contributed by atoms with Gasteiger partial charge in [-0.1, -0.05) is 0 Å². The highest BCUT2D eigenvalue weighted by molar-refractivity contribution is 6.01. The number of carbonyl (C=O) groups excluding carboxylic acids is 1. The smallest absolute Gasteiger partial charge is 0.267 e. The van der Waals surface area contributed by atoms with Crippen LogP contribution in [0.5, 0.6) is 17.2 Å². The summed E-state index contributed by atoms with van der Waals surface area (Å²) >= 11 is 0. The fraction of sp³-hybridized carbons (Fsp3) is 0.526. The number of H-pyrrole nitrogens is 1. The summed E-state index contributed by atoms with van der Waals surface area (Å²) < 4.78 is 16.3. The number of carbonyl (C=O) groups is 1. The van der Waals surface area contributed by atoms with E-state index in [4.69, 9.17) is 14.2 Å². The van der Waals surface area contributed by atoms with Crippen LogP contribution < -0.4 is 24.4 Å². The van der Waals surface area contributed by atoms with Gasteiger partial charge in [0.1, 0.15) is 11.7 Å². The van der Waals surface area contributed by atoms with Crippen LogP contribution in [0, 0.1) is 0 Å². The molecule has 0 aliphatic carbocycles. The van der Waals surface area contributed by atoms with Crippen molar-refractivity contribution in [2.75, 3.05) is 41.0 Å². The molecule has 0 radical (unpaired) electrons. The second-order valence-electron chi connectivity index (χ2n) is 6.60. The Kier molecular flexibility index (Phi) is 5.56. The van der Waals surface area contributed by atoms with E-state index < -0.39 is 0 Å². The topological polar surface area (TPSA) is 77.0 Å². The van der Waals surface area contributed by atoms with E-state index in [-0.39, 0.29) is 5.91 Å². The number of quaternary nitrogens is 1. The minimum Gasteiger partial charge on any atom is -0.493 e. The van der Waals surface area contributed by atoms with Crippen molar-refractivity contribution >= 4 is 16.8 Å². The highest BCUT2D eigenvalue weighted by Gasteiger charge is 2.27. The molecule has 2 aromatic rings. The van der Waals surface area contributed by atoms with E-state index in [0.717, 1.165) is 17.4 Å². The zero-order valence-corrected chi connectivity index (χ0v) is 15.9. The Morgan fingerprint density at radius 2 is 2.00 bits per heavy atom. The average molecular weight is 362 g/mol. The standard InChI is InChI=1S/C19H27N3O4/c1-5-22-8-6-7-12(22)11-20-19(23)15-9-13-14(21-15)10-16(24-2)18(26-4)17(13)25-3/h9-10,12,21H,5-8,11H2,1-4H3,(H,20,23)/p+1/t12-/m0/s1. The number of aromatic nitrogens is 1. The van der Waals surface area contributed by atoms with Gasteiger partial charge in [-0.25, -0.2) is 0 Å². The maximum absolute atomic E-state index is 12.6. The Morgan fingerprint density at radius 3 is 2.65 bits per heavy atom. The molecule has 2 atom stereocenters. The molecule has 1 unspecified atom stereocenters. The van der Waals surface area contributed by atoms with E-state index in [2.05, 4.69) is 17.2 Å². The predicted molar refractivity (Wildman–Crippen MR) is 99.7 cm³/mol. The first-order valence-electron chi connectivity index (χ1n) is 9.07. The number of hydrogen-bond acceptors (Lipinski definition) is 4. The second kappa shape index (κ2) is 7.86. The van der Waals surface area contributed by atoms with Crippen molar-refractivity contribution in [2.45, 2.75) is 25.8 Å². The predicted octanol–water partition coefficient (Wildman–Crippen LogP) is 0.991. The first-order valence-corrected chi connectivity index (χ1v) is 9.07. The molecule has 0 saturated carbocycles. The number of rotatable bonds is 7. The number of nitrogens with one attached hydrogen (secondary N) is 3. The van der Waals surface area contributed by atoms with Crippen LogP contribution in [0.3, 0.4) is 0 Å². The Bertz CT molecular complexity index is 787. The lowest BCUT2D eigenvalue weighted by Gasteiger charge is -2.19. The lowest BCUT2D eigenvalue weighted by molar-refractivity contribution is -0.909. The Morgan fingerprint density at radius 1 is 1.23 bits per heavy atom. The van der Waals surface area contributed by atoms with Crippen LogP contribution >= 0.6 is 0 Å². The van der Waals surface area contributed by atoms with Gasteiger partial charge in [0, 0.05) is 24.3 Å². The van der Waals surface area contributed by atoms with Crippen molar-refractivity contribution in [1.82, 2.24) is 10.3 Å². The van der Waals surface area contributed by atoms with Crippen LogP contribution in [0.1, 0.15) is 30.3 Å². The van der Waals surface area contributed by atoms with Crippen LogP contribution in [0.4, 0.5) is 0 Å². The molecule has 1 aliphatic heterocycles. The Labute approximate surface area is 153 Å². The highest BCUT2D eigenvalue weighted by atomic mass is 16.5. The van der Waals surface area contributed by atoms with Crippen molar-refractivity contribution in [2.24, 2.45) is 0 Å². The van der Waals surface area contributed by atoms with E-state index in [0.29, 0.717) is 35.5 Å². The summed E-state index contributed by atoms with van der Waals surface area (Å²) in [4.78, 5) is 17.3. The third-order valence-electron chi connectivity index (χ3n) is 5.26. The van der Waals surface area contributed by atoms with E-state index >= 15 is 0 Å². The quantitative estimate of drug-likeness (QED) is 0.687. The van der Waals surface area contributed by atoms with Crippen LogP contribution in [-0.2, 0) is 0 Å². The number of likely N-dealkylation sites (tertiary alicyclic amines) is 1. The summed E-state index contributed by atoms with van der Waals surface area (Å²) in [6.45, 7) is 5.19. The number of aromatic amines is 1. The van der Waals surface area contributed by atoms with E-state index in [9.17, 15) is 4.79 Å². The number of ether oxygens (including phenoxy) is 3. The molecule has 3 N–H and O–H groups in total. The molecule has 0 spiro atoms. The van der Waals surface area contributed by atoms with Crippen LogP contribution in [0.2, 0.25) is 0 Å². The molecular weight excluding hydrogens is 334 g/mol. The molecule has 1 fully saturated rings. The first-order chi connectivity index (χ1) is 12.6. The van der Waals surface area contributed by atoms with Crippen LogP contribution in [0.15, 0.2) is 12.1 Å². The Balaban J connectivity index is 1.83. The fourth-order valence-electron chi connectivity index (χ4n) is 3.88. The van der Waals surface area contributed by atoms with Crippen molar-refractivity contribution in [3.05, 3.63) is 17.8 Å². The van der Waals surface area contributed by atoms with Gasteiger partial charge in [0.05, 0.1) is 46.5 Å². The second-order valence-corrected chi connectivity index (χ2v) is 6.60. The zero-order valence-electron chi connectivity index (χ0n) is 15.9. The van der Waals surface area contributed by atoms with E-state index in [1.165, 1.54) is 19.4 Å². The van der Waals surface area contributed by atoms with Crippen molar-refractivity contribution in [3.8, 4) is 17.2 Å². The molecule has 2 heterocycles. The summed E-state index contributed by atoms with van der Waals surface area (Å²) in [7, 11) is 4.71. The lowest BCUT2D eigenvalue weighted by Crippen LogP contribution is -3.14. The van der Waals surface area contributed by atoms with Crippen LogP contribution in [0.25, 0.3) is 10.9 Å². The number of hydrogen-bond donors (Lipinski definition) is 3. The van der Waals surface area contributed by atoms with Gasteiger partial charge in [-0.3, -0.25) is 4.79 Å². The molecule has 1 aromatic carbocycles. The summed E-state index contributed by atoms with van der Waals surface area (Å²) in [6.07, 6.45) is 2.39. The van der Waals surface area contributed by atoms with Gasteiger partial charge < -0.3 is 29.4 Å². The molecule has 26 heavy (non-hydrogen) atoms. The number of likely N-dealkylation sites (N-methyl/N-ethyl adjacent to an activating group) is 1. The molecule has 7 heteroatoms. The maximum Gasteiger partial charge on any atom is 0.267 e. The summed E-state index contributed by atoms with van der Waals surface area (Å²) in [5.74, 6) is 1.51. The molecular formula is C19H28N3O4+. The lowest BCUT2D eigenvalue weighted by atomic mass is 10.2. The number of methoxy groups -OCH3 is 3. The van der Waals surface area contributed by atoms with Gasteiger partial charge in [0.2, 0.25) is 5.75 Å². The molecule has 142 valence electrons. The van der Waals surface area contributed by atoms with E-state index in [1.807, 2.05) is 6.07 Å². The molecule has 0 bridgehead atoms. The summed E-state index contributed by atoms with van der Waals surface area (Å²) in [6, 6.07) is 4.11. The minimum atomic E-state index is -0.108. The maximum atomic E-state index is 12.6. The zero-order chi connectivity index (χ0) is 18.7. The van der Waals surface area contributed by atoms with Gasteiger partial charge in [0.15, 0.2) is 11.5 Å². The van der Waals surface area contributed by atoms with Crippen molar-refractivity contribution in [1.29, 1.82) is 0 Å².